The molecule has 18 heavy (non-hydrogen) atoms. The van der Waals surface area contributed by atoms with Crippen molar-refractivity contribution in [2.24, 2.45) is 11.1 Å². The Morgan fingerprint density at radius 1 is 1.22 bits per heavy atom. The smallest absolute Gasteiger partial charge is 0.122 e. The first-order valence-corrected chi connectivity index (χ1v) is 6.83. The molecule has 1 rings (SSSR count). The average molecular weight is 249 g/mol. The number of rotatable bonds is 5. The maximum atomic E-state index is 6.13. The van der Waals surface area contributed by atoms with Crippen LogP contribution in [-0.4, -0.2) is 12.6 Å². The normalized spacial score (nSPS) is 15.2. The van der Waals surface area contributed by atoms with Crippen LogP contribution in [0.2, 0.25) is 0 Å². The Morgan fingerprint density at radius 2 is 1.83 bits per heavy atom. The number of para-hydroxylation sites is 1. The summed E-state index contributed by atoms with van der Waals surface area (Å²) in [4.78, 5) is 0. The van der Waals surface area contributed by atoms with Gasteiger partial charge in [-0.3, -0.25) is 0 Å². The summed E-state index contributed by atoms with van der Waals surface area (Å²) >= 11 is 0. The van der Waals surface area contributed by atoms with E-state index in [0.29, 0.717) is 12.5 Å². The van der Waals surface area contributed by atoms with Crippen molar-refractivity contribution >= 4 is 0 Å². The zero-order chi connectivity index (χ0) is 13.8. The lowest BCUT2D eigenvalue weighted by molar-refractivity contribution is 0.204. The van der Waals surface area contributed by atoms with Gasteiger partial charge in [-0.25, -0.2) is 0 Å². The van der Waals surface area contributed by atoms with Crippen LogP contribution in [0.15, 0.2) is 24.3 Å². The molecule has 102 valence electrons. The molecular weight excluding hydrogens is 222 g/mol. The average Bonchev–Trinajstić information content (AvgIpc) is 2.34. The van der Waals surface area contributed by atoms with Crippen LogP contribution in [0.25, 0.3) is 0 Å². The Hall–Kier alpha value is -1.02. The zero-order valence-corrected chi connectivity index (χ0v) is 12.4. The summed E-state index contributed by atoms with van der Waals surface area (Å²) in [6.45, 7) is 11.4. The maximum Gasteiger partial charge on any atom is 0.122 e. The Bertz CT molecular complexity index is 368. The van der Waals surface area contributed by atoms with Gasteiger partial charge in [-0.15, -0.1) is 0 Å². The van der Waals surface area contributed by atoms with Crippen LogP contribution in [0.5, 0.6) is 5.75 Å². The predicted octanol–water partition coefficient (Wildman–Crippen LogP) is 3.95. The molecular formula is C16H27NO. The molecule has 0 spiro atoms. The van der Waals surface area contributed by atoms with Crippen LogP contribution < -0.4 is 10.5 Å². The summed E-state index contributed by atoms with van der Waals surface area (Å²) < 4.78 is 5.92. The topological polar surface area (TPSA) is 35.2 Å². The molecule has 1 aromatic rings. The fourth-order valence-electron chi connectivity index (χ4n) is 1.67. The molecule has 2 nitrogen and oxygen atoms in total. The van der Waals surface area contributed by atoms with Crippen LogP contribution in [-0.2, 0) is 0 Å². The lowest BCUT2D eigenvalue weighted by atomic mass is 9.88. The van der Waals surface area contributed by atoms with E-state index in [1.165, 1.54) is 5.56 Å². The van der Waals surface area contributed by atoms with Gasteiger partial charge in [0.2, 0.25) is 0 Å². The third kappa shape index (κ3) is 4.02. The quantitative estimate of drug-likeness (QED) is 0.857. The standard InChI is InChI=1S/C16H27NO/c1-6-12(2)13-9-7-8-10-14(13)18-11-15(17)16(3,4)5/h7-10,12,15H,6,11,17H2,1-5H3. The second-order valence-electron chi connectivity index (χ2n) is 6.13. The molecule has 0 saturated heterocycles. The number of benzene rings is 1. The van der Waals surface area contributed by atoms with Crippen molar-refractivity contribution in [1.29, 1.82) is 0 Å². The van der Waals surface area contributed by atoms with E-state index in [4.69, 9.17) is 10.5 Å². The van der Waals surface area contributed by atoms with E-state index in [0.717, 1.165) is 12.2 Å². The molecule has 0 aliphatic heterocycles. The van der Waals surface area contributed by atoms with E-state index in [1.807, 2.05) is 12.1 Å². The second-order valence-corrected chi connectivity index (χ2v) is 6.13. The first-order chi connectivity index (χ1) is 8.36. The highest BCUT2D eigenvalue weighted by molar-refractivity contribution is 5.35. The second kappa shape index (κ2) is 6.24. The Morgan fingerprint density at radius 3 is 2.39 bits per heavy atom. The van der Waals surface area contributed by atoms with Gasteiger partial charge < -0.3 is 10.5 Å². The summed E-state index contributed by atoms with van der Waals surface area (Å²) in [5.41, 5.74) is 7.49. The molecule has 0 aromatic heterocycles. The molecule has 0 radical (unpaired) electrons. The van der Waals surface area contributed by atoms with Crippen LogP contribution in [0.1, 0.15) is 52.5 Å². The monoisotopic (exact) mass is 249 g/mol. The molecule has 2 N–H and O–H groups in total. The van der Waals surface area contributed by atoms with Crippen LogP contribution in [0.3, 0.4) is 0 Å². The van der Waals surface area contributed by atoms with E-state index in [-0.39, 0.29) is 11.5 Å². The molecule has 2 unspecified atom stereocenters. The van der Waals surface area contributed by atoms with E-state index in [2.05, 4.69) is 46.8 Å². The molecule has 1 aromatic carbocycles. The fraction of sp³-hybridized carbons (Fsp3) is 0.625. The predicted molar refractivity (Wildman–Crippen MR) is 78.1 cm³/mol. The van der Waals surface area contributed by atoms with Crippen molar-refractivity contribution in [1.82, 2.24) is 0 Å². The van der Waals surface area contributed by atoms with Crippen LogP contribution in [0, 0.1) is 5.41 Å². The third-order valence-electron chi connectivity index (χ3n) is 3.59. The maximum absolute atomic E-state index is 6.13. The molecule has 0 saturated carbocycles. The summed E-state index contributed by atoms with van der Waals surface area (Å²) in [5.74, 6) is 1.50. The third-order valence-corrected chi connectivity index (χ3v) is 3.59. The highest BCUT2D eigenvalue weighted by atomic mass is 16.5. The van der Waals surface area contributed by atoms with Crippen molar-refractivity contribution in [2.75, 3.05) is 6.61 Å². The Kier molecular flexibility index (Phi) is 5.21. The van der Waals surface area contributed by atoms with Crippen molar-refractivity contribution in [2.45, 2.75) is 53.0 Å². The van der Waals surface area contributed by atoms with Crippen LogP contribution in [0.4, 0.5) is 0 Å². The van der Waals surface area contributed by atoms with Gasteiger partial charge in [0, 0.05) is 6.04 Å². The minimum atomic E-state index is 0.0440. The van der Waals surface area contributed by atoms with Gasteiger partial charge in [0.25, 0.3) is 0 Å². The van der Waals surface area contributed by atoms with Gasteiger partial charge in [-0.05, 0) is 29.4 Å². The molecule has 2 heteroatoms. The summed E-state index contributed by atoms with van der Waals surface area (Å²) in [6, 6.07) is 8.31. The lowest BCUT2D eigenvalue weighted by Crippen LogP contribution is -2.40. The minimum Gasteiger partial charge on any atom is -0.492 e. The fourth-order valence-corrected chi connectivity index (χ4v) is 1.67. The lowest BCUT2D eigenvalue weighted by Gasteiger charge is -2.27. The molecule has 0 bridgehead atoms. The van der Waals surface area contributed by atoms with Crippen molar-refractivity contribution < 1.29 is 4.74 Å². The van der Waals surface area contributed by atoms with Gasteiger partial charge in [0.1, 0.15) is 12.4 Å². The van der Waals surface area contributed by atoms with Gasteiger partial charge in [-0.1, -0.05) is 52.8 Å². The number of ether oxygens (including phenoxy) is 1. The van der Waals surface area contributed by atoms with E-state index >= 15 is 0 Å². The molecule has 0 amide bonds. The first kappa shape index (κ1) is 15.0. The minimum absolute atomic E-state index is 0.0440. The van der Waals surface area contributed by atoms with Gasteiger partial charge in [0.15, 0.2) is 0 Å². The summed E-state index contributed by atoms with van der Waals surface area (Å²) in [6.07, 6.45) is 1.12. The number of nitrogens with two attached hydrogens (primary N) is 1. The van der Waals surface area contributed by atoms with E-state index in [9.17, 15) is 0 Å². The summed E-state index contributed by atoms with van der Waals surface area (Å²) in [7, 11) is 0. The van der Waals surface area contributed by atoms with E-state index in [1.54, 1.807) is 0 Å². The molecule has 2 atom stereocenters. The largest absolute Gasteiger partial charge is 0.492 e. The highest BCUT2D eigenvalue weighted by Crippen LogP contribution is 2.29. The Balaban J connectivity index is 2.73. The highest BCUT2D eigenvalue weighted by Gasteiger charge is 2.21. The van der Waals surface area contributed by atoms with Gasteiger partial charge in [0.05, 0.1) is 0 Å². The van der Waals surface area contributed by atoms with Gasteiger partial charge >= 0.3 is 0 Å². The number of hydrogen-bond acceptors (Lipinski definition) is 2. The van der Waals surface area contributed by atoms with Crippen molar-refractivity contribution in [3.63, 3.8) is 0 Å². The zero-order valence-electron chi connectivity index (χ0n) is 12.4. The molecule has 0 aliphatic rings. The first-order valence-electron chi connectivity index (χ1n) is 6.83. The SMILES string of the molecule is CCC(C)c1ccccc1OCC(N)C(C)(C)C. The molecule has 0 aliphatic carbocycles. The van der Waals surface area contributed by atoms with Gasteiger partial charge in [-0.2, -0.15) is 0 Å². The molecule has 0 heterocycles. The summed E-state index contributed by atoms with van der Waals surface area (Å²) in [5, 5.41) is 0. The van der Waals surface area contributed by atoms with Crippen molar-refractivity contribution in [3.05, 3.63) is 29.8 Å². The van der Waals surface area contributed by atoms with E-state index < -0.39 is 0 Å². The van der Waals surface area contributed by atoms with Crippen LogP contribution >= 0.6 is 0 Å². The Labute approximate surface area is 112 Å². The molecule has 0 fully saturated rings. The number of hydrogen-bond donors (Lipinski definition) is 1. The van der Waals surface area contributed by atoms with Crippen molar-refractivity contribution in [3.8, 4) is 5.75 Å².